The van der Waals surface area contributed by atoms with Crippen molar-refractivity contribution in [1.82, 2.24) is 0 Å². The number of halogens is 2. The van der Waals surface area contributed by atoms with E-state index < -0.39 is 5.54 Å². The van der Waals surface area contributed by atoms with Crippen molar-refractivity contribution in [2.24, 2.45) is 5.73 Å². The molecule has 0 aliphatic heterocycles. The molecule has 0 radical (unpaired) electrons. The van der Waals surface area contributed by atoms with E-state index in [2.05, 4.69) is 0 Å². The Hall–Kier alpha value is -0.640. The van der Waals surface area contributed by atoms with Crippen molar-refractivity contribution in [3.8, 4) is 0 Å². The van der Waals surface area contributed by atoms with E-state index in [9.17, 15) is 9.50 Å². The fourth-order valence-corrected chi connectivity index (χ4v) is 2.25. The molecule has 1 aliphatic rings. The van der Waals surface area contributed by atoms with Crippen LogP contribution in [0.4, 0.5) is 4.39 Å². The van der Waals surface area contributed by atoms with Crippen LogP contribution in [0.15, 0.2) is 18.2 Å². The number of nitrogens with two attached hydrogens (primary N) is 1. The van der Waals surface area contributed by atoms with Gasteiger partial charge in [0.25, 0.3) is 0 Å². The maximum Gasteiger partial charge on any atom is 0.124 e. The van der Waals surface area contributed by atoms with Gasteiger partial charge in [-0.25, -0.2) is 4.39 Å². The molecule has 1 aromatic rings. The zero-order valence-electron chi connectivity index (χ0n) is 7.50. The number of benzene rings is 1. The van der Waals surface area contributed by atoms with Gasteiger partial charge in [0.15, 0.2) is 0 Å². The van der Waals surface area contributed by atoms with Gasteiger partial charge in [0.2, 0.25) is 0 Å². The average Bonchev–Trinajstić information content (AvgIpc) is 2.00. The van der Waals surface area contributed by atoms with Crippen LogP contribution in [-0.4, -0.2) is 11.2 Å². The van der Waals surface area contributed by atoms with E-state index in [1.54, 1.807) is 6.07 Å². The molecule has 4 heteroatoms. The maximum atomic E-state index is 12.8. The van der Waals surface area contributed by atoms with E-state index in [-0.39, 0.29) is 11.9 Å². The number of aliphatic hydroxyl groups excluding tert-OH is 1. The SMILES string of the molecule is NC1(c2ccc(F)cc2Cl)CC(O)C1. The lowest BCUT2D eigenvalue weighted by Crippen LogP contribution is -2.51. The molecule has 76 valence electrons. The Morgan fingerprint density at radius 1 is 1.50 bits per heavy atom. The third-order valence-electron chi connectivity index (χ3n) is 2.67. The summed E-state index contributed by atoms with van der Waals surface area (Å²) in [6, 6.07) is 4.17. The number of hydrogen-bond donors (Lipinski definition) is 2. The molecule has 1 aliphatic carbocycles. The first kappa shape index (κ1) is 9.90. The minimum Gasteiger partial charge on any atom is -0.393 e. The van der Waals surface area contributed by atoms with Crippen LogP contribution in [0.2, 0.25) is 5.02 Å². The molecule has 0 spiro atoms. The minimum absolute atomic E-state index is 0.333. The predicted octanol–water partition coefficient (Wildman–Crippen LogP) is 1.79. The summed E-state index contributed by atoms with van der Waals surface area (Å²) < 4.78 is 12.8. The summed E-state index contributed by atoms with van der Waals surface area (Å²) in [4.78, 5) is 0. The molecule has 2 nitrogen and oxygen atoms in total. The van der Waals surface area contributed by atoms with Crippen LogP contribution in [0.5, 0.6) is 0 Å². The predicted molar refractivity (Wildman–Crippen MR) is 52.5 cm³/mol. The van der Waals surface area contributed by atoms with Crippen LogP contribution in [0.25, 0.3) is 0 Å². The van der Waals surface area contributed by atoms with E-state index in [1.165, 1.54) is 12.1 Å². The Morgan fingerprint density at radius 3 is 2.64 bits per heavy atom. The fourth-order valence-electron chi connectivity index (χ4n) is 1.89. The molecular formula is C10H11ClFNO. The molecule has 0 amide bonds. The summed E-state index contributed by atoms with van der Waals surface area (Å²) in [5, 5.41) is 9.53. The van der Waals surface area contributed by atoms with Crippen molar-refractivity contribution in [2.75, 3.05) is 0 Å². The molecule has 0 heterocycles. The Morgan fingerprint density at radius 2 is 2.14 bits per heavy atom. The van der Waals surface area contributed by atoms with Gasteiger partial charge >= 0.3 is 0 Å². The summed E-state index contributed by atoms with van der Waals surface area (Å²) in [7, 11) is 0. The highest BCUT2D eigenvalue weighted by Gasteiger charge is 2.42. The Balaban J connectivity index is 2.33. The normalized spacial score (nSPS) is 31.3. The van der Waals surface area contributed by atoms with Gasteiger partial charge in [-0.15, -0.1) is 0 Å². The van der Waals surface area contributed by atoms with Crippen LogP contribution in [0.3, 0.4) is 0 Å². The fraction of sp³-hybridized carbons (Fsp3) is 0.400. The van der Waals surface area contributed by atoms with Gasteiger partial charge in [-0.05, 0) is 30.5 Å². The first-order valence-corrected chi connectivity index (χ1v) is 4.81. The first-order chi connectivity index (χ1) is 6.51. The van der Waals surface area contributed by atoms with Crippen molar-refractivity contribution in [3.05, 3.63) is 34.6 Å². The van der Waals surface area contributed by atoms with Crippen LogP contribution < -0.4 is 5.73 Å². The van der Waals surface area contributed by atoms with Gasteiger partial charge in [0, 0.05) is 10.6 Å². The van der Waals surface area contributed by atoms with Crippen molar-refractivity contribution < 1.29 is 9.50 Å². The molecule has 3 N–H and O–H groups in total. The van der Waals surface area contributed by atoms with E-state index >= 15 is 0 Å². The van der Waals surface area contributed by atoms with Gasteiger partial charge in [0.05, 0.1) is 6.10 Å². The molecule has 14 heavy (non-hydrogen) atoms. The van der Waals surface area contributed by atoms with Crippen LogP contribution in [-0.2, 0) is 5.54 Å². The lowest BCUT2D eigenvalue weighted by molar-refractivity contribution is 0.0210. The molecule has 1 fully saturated rings. The highest BCUT2D eigenvalue weighted by molar-refractivity contribution is 6.31. The van der Waals surface area contributed by atoms with Crippen LogP contribution in [0.1, 0.15) is 18.4 Å². The Bertz CT molecular complexity index is 363. The van der Waals surface area contributed by atoms with E-state index in [4.69, 9.17) is 17.3 Å². The quantitative estimate of drug-likeness (QED) is 0.750. The third kappa shape index (κ3) is 1.52. The summed E-state index contributed by atoms with van der Waals surface area (Å²) in [5.74, 6) is -0.373. The number of hydrogen-bond acceptors (Lipinski definition) is 2. The largest absolute Gasteiger partial charge is 0.393 e. The monoisotopic (exact) mass is 215 g/mol. The molecule has 0 atom stereocenters. The van der Waals surface area contributed by atoms with Crippen molar-refractivity contribution in [3.63, 3.8) is 0 Å². The first-order valence-electron chi connectivity index (χ1n) is 4.44. The second kappa shape index (κ2) is 3.19. The molecular weight excluding hydrogens is 205 g/mol. The van der Waals surface area contributed by atoms with E-state index in [0.717, 1.165) is 0 Å². The smallest absolute Gasteiger partial charge is 0.124 e. The summed E-state index contributed by atoms with van der Waals surface area (Å²) in [5.41, 5.74) is 6.13. The topological polar surface area (TPSA) is 46.2 Å². The van der Waals surface area contributed by atoms with Crippen molar-refractivity contribution >= 4 is 11.6 Å². The molecule has 0 bridgehead atoms. The summed E-state index contributed by atoms with van der Waals surface area (Å²) in [6.07, 6.45) is 0.609. The molecule has 0 aromatic heterocycles. The highest BCUT2D eigenvalue weighted by Crippen LogP contribution is 2.41. The Kier molecular flexibility index (Phi) is 2.26. The van der Waals surface area contributed by atoms with E-state index in [0.29, 0.717) is 23.4 Å². The zero-order chi connectivity index (χ0) is 10.3. The standard InChI is InChI=1S/C10H11ClFNO/c11-9-3-6(12)1-2-8(9)10(13)4-7(14)5-10/h1-3,7,14H,4-5,13H2. The lowest BCUT2D eigenvalue weighted by Gasteiger charge is -2.43. The Labute approximate surface area is 86.5 Å². The van der Waals surface area contributed by atoms with Gasteiger partial charge in [-0.3, -0.25) is 0 Å². The van der Waals surface area contributed by atoms with Gasteiger partial charge in [-0.1, -0.05) is 17.7 Å². The lowest BCUT2D eigenvalue weighted by atomic mass is 9.70. The average molecular weight is 216 g/mol. The number of rotatable bonds is 1. The third-order valence-corrected chi connectivity index (χ3v) is 2.98. The molecule has 2 rings (SSSR count). The van der Waals surface area contributed by atoms with Crippen LogP contribution >= 0.6 is 11.6 Å². The van der Waals surface area contributed by atoms with Crippen LogP contribution in [0, 0.1) is 5.82 Å². The van der Waals surface area contributed by atoms with Crippen molar-refractivity contribution in [2.45, 2.75) is 24.5 Å². The summed E-state index contributed by atoms with van der Waals surface area (Å²) >= 11 is 5.87. The molecule has 0 unspecified atom stereocenters. The second-order valence-electron chi connectivity index (χ2n) is 3.84. The molecule has 1 aromatic carbocycles. The minimum atomic E-state index is -0.579. The van der Waals surface area contributed by atoms with Gasteiger partial charge in [-0.2, -0.15) is 0 Å². The van der Waals surface area contributed by atoms with Gasteiger partial charge in [0.1, 0.15) is 5.82 Å². The second-order valence-corrected chi connectivity index (χ2v) is 4.25. The molecule has 0 saturated heterocycles. The zero-order valence-corrected chi connectivity index (χ0v) is 8.26. The van der Waals surface area contributed by atoms with E-state index in [1.807, 2.05) is 0 Å². The highest BCUT2D eigenvalue weighted by atomic mass is 35.5. The number of aliphatic hydroxyl groups is 1. The van der Waals surface area contributed by atoms with Gasteiger partial charge < -0.3 is 10.8 Å². The summed E-state index contributed by atoms with van der Waals surface area (Å²) in [6.45, 7) is 0. The van der Waals surface area contributed by atoms with Crippen molar-refractivity contribution in [1.29, 1.82) is 0 Å². The molecule has 1 saturated carbocycles. The maximum absolute atomic E-state index is 12.8.